The predicted octanol–water partition coefficient (Wildman–Crippen LogP) is 3.12. The molecule has 6 heteroatoms. The van der Waals surface area contributed by atoms with Gasteiger partial charge in [0.05, 0.1) is 6.26 Å². The van der Waals surface area contributed by atoms with Crippen LogP contribution >= 0.6 is 0 Å². The summed E-state index contributed by atoms with van der Waals surface area (Å²) < 4.78 is 32.6. The van der Waals surface area contributed by atoms with E-state index in [9.17, 15) is 8.78 Å². The van der Waals surface area contributed by atoms with Gasteiger partial charge < -0.3 is 14.6 Å². The minimum atomic E-state index is -0.534. The second kappa shape index (κ2) is 7.47. The quantitative estimate of drug-likeness (QED) is 0.690. The lowest BCUT2D eigenvalue weighted by Gasteiger charge is -2.32. The van der Waals surface area contributed by atoms with Crippen molar-refractivity contribution in [3.05, 3.63) is 59.1 Å². The SMILES string of the molecule is CCNC(=NCCc1ccco1)N1CCc2c(F)cc(F)cc2C1. The van der Waals surface area contributed by atoms with E-state index in [1.807, 2.05) is 24.0 Å². The normalized spacial score (nSPS) is 14.6. The number of halogens is 2. The Kier molecular flexibility index (Phi) is 5.13. The lowest BCUT2D eigenvalue weighted by Crippen LogP contribution is -2.44. The van der Waals surface area contributed by atoms with Gasteiger partial charge in [-0.1, -0.05) is 0 Å². The molecule has 1 aliphatic rings. The van der Waals surface area contributed by atoms with Gasteiger partial charge in [-0.2, -0.15) is 0 Å². The van der Waals surface area contributed by atoms with Crippen LogP contribution in [0.3, 0.4) is 0 Å². The first-order valence-corrected chi connectivity index (χ1v) is 8.20. The lowest BCUT2D eigenvalue weighted by molar-refractivity contribution is 0.370. The van der Waals surface area contributed by atoms with Gasteiger partial charge in [-0.25, -0.2) is 8.78 Å². The van der Waals surface area contributed by atoms with Gasteiger partial charge in [-0.05, 0) is 42.7 Å². The molecule has 1 aromatic carbocycles. The summed E-state index contributed by atoms with van der Waals surface area (Å²) in [6.07, 6.45) is 2.91. The molecule has 0 saturated carbocycles. The van der Waals surface area contributed by atoms with Gasteiger partial charge in [0.2, 0.25) is 0 Å². The molecule has 1 aliphatic heterocycles. The fourth-order valence-electron chi connectivity index (χ4n) is 2.94. The Bertz CT molecular complexity index is 713. The van der Waals surface area contributed by atoms with Crippen LogP contribution in [0, 0.1) is 11.6 Å². The van der Waals surface area contributed by atoms with Crippen molar-refractivity contribution in [2.45, 2.75) is 26.3 Å². The number of furan rings is 1. The zero-order valence-electron chi connectivity index (χ0n) is 13.7. The van der Waals surface area contributed by atoms with Crippen molar-refractivity contribution in [3.63, 3.8) is 0 Å². The molecule has 0 radical (unpaired) electrons. The molecule has 24 heavy (non-hydrogen) atoms. The van der Waals surface area contributed by atoms with Crippen LogP contribution < -0.4 is 5.32 Å². The summed E-state index contributed by atoms with van der Waals surface area (Å²) in [5.74, 6) is 0.666. The third-order valence-electron chi connectivity index (χ3n) is 4.08. The molecule has 0 bridgehead atoms. The molecule has 0 atom stereocenters. The first-order chi connectivity index (χ1) is 11.7. The smallest absolute Gasteiger partial charge is 0.194 e. The van der Waals surface area contributed by atoms with E-state index in [4.69, 9.17) is 4.42 Å². The monoisotopic (exact) mass is 333 g/mol. The number of fused-ring (bicyclic) bond motifs is 1. The Labute approximate surface area is 140 Å². The lowest BCUT2D eigenvalue weighted by atomic mass is 9.99. The molecule has 128 valence electrons. The average molecular weight is 333 g/mol. The number of benzene rings is 1. The summed E-state index contributed by atoms with van der Waals surface area (Å²) in [6.45, 7) is 4.44. The molecule has 0 saturated heterocycles. The second-order valence-electron chi connectivity index (χ2n) is 5.76. The maximum Gasteiger partial charge on any atom is 0.194 e. The Hall–Kier alpha value is -2.37. The Morgan fingerprint density at radius 2 is 2.25 bits per heavy atom. The van der Waals surface area contributed by atoms with Gasteiger partial charge >= 0.3 is 0 Å². The molecule has 0 spiro atoms. The van der Waals surface area contributed by atoms with Crippen LogP contribution in [0.4, 0.5) is 8.78 Å². The van der Waals surface area contributed by atoms with Gasteiger partial charge in [0, 0.05) is 38.7 Å². The third-order valence-corrected chi connectivity index (χ3v) is 4.08. The van der Waals surface area contributed by atoms with E-state index in [1.165, 1.54) is 6.07 Å². The van der Waals surface area contributed by atoms with Gasteiger partial charge in [-0.3, -0.25) is 4.99 Å². The van der Waals surface area contributed by atoms with Crippen molar-refractivity contribution in [1.82, 2.24) is 10.2 Å². The zero-order valence-corrected chi connectivity index (χ0v) is 13.7. The highest BCUT2D eigenvalue weighted by Crippen LogP contribution is 2.23. The van der Waals surface area contributed by atoms with Gasteiger partial charge in [-0.15, -0.1) is 0 Å². The molecule has 0 unspecified atom stereocenters. The van der Waals surface area contributed by atoms with E-state index in [2.05, 4.69) is 10.3 Å². The van der Waals surface area contributed by atoms with Crippen LogP contribution in [0.15, 0.2) is 39.9 Å². The first kappa shape index (κ1) is 16.5. The molecule has 2 aromatic rings. The third kappa shape index (κ3) is 3.75. The molecule has 1 aromatic heterocycles. The molecule has 4 nitrogen and oxygen atoms in total. The first-order valence-electron chi connectivity index (χ1n) is 8.20. The summed E-state index contributed by atoms with van der Waals surface area (Å²) >= 11 is 0. The number of nitrogens with zero attached hydrogens (tertiary/aromatic N) is 2. The molecular formula is C18H21F2N3O. The summed E-state index contributed by atoms with van der Waals surface area (Å²) in [5.41, 5.74) is 1.30. The van der Waals surface area contributed by atoms with E-state index in [1.54, 1.807) is 6.26 Å². The van der Waals surface area contributed by atoms with Crippen LogP contribution in [0.1, 0.15) is 23.8 Å². The Morgan fingerprint density at radius 3 is 3.00 bits per heavy atom. The standard InChI is InChI=1S/C18H21F2N3O/c1-2-21-18(22-7-5-15-4-3-9-24-15)23-8-6-16-13(12-23)10-14(19)11-17(16)20/h3-4,9-11H,2,5-8,12H2,1H3,(H,21,22). The number of rotatable bonds is 4. The van der Waals surface area contributed by atoms with Crippen molar-refractivity contribution in [2.75, 3.05) is 19.6 Å². The van der Waals surface area contributed by atoms with Crippen LogP contribution in [0.2, 0.25) is 0 Å². The van der Waals surface area contributed by atoms with Crippen molar-refractivity contribution in [3.8, 4) is 0 Å². The molecule has 2 heterocycles. The highest BCUT2D eigenvalue weighted by atomic mass is 19.1. The van der Waals surface area contributed by atoms with E-state index >= 15 is 0 Å². The fraction of sp³-hybridized carbons (Fsp3) is 0.389. The zero-order chi connectivity index (χ0) is 16.9. The number of hydrogen-bond acceptors (Lipinski definition) is 2. The maximum absolute atomic E-state index is 13.9. The predicted molar refractivity (Wildman–Crippen MR) is 88.9 cm³/mol. The molecule has 3 rings (SSSR count). The van der Waals surface area contributed by atoms with Crippen molar-refractivity contribution >= 4 is 5.96 Å². The summed E-state index contributed by atoms with van der Waals surface area (Å²) in [5, 5.41) is 3.25. The molecule has 1 N–H and O–H groups in total. The summed E-state index contributed by atoms with van der Waals surface area (Å²) in [6, 6.07) is 6.15. The number of hydrogen-bond donors (Lipinski definition) is 1. The van der Waals surface area contributed by atoms with Crippen LogP contribution in [0.25, 0.3) is 0 Å². The van der Waals surface area contributed by atoms with E-state index < -0.39 is 11.6 Å². The Balaban J connectivity index is 1.72. The Morgan fingerprint density at radius 1 is 1.38 bits per heavy atom. The largest absolute Gasteiger partial charge is 0.469 e. The second-order valence-corrected chi connectivity index (χ2v) is 5.76. The van der Waals surface area contributed by atoms with Crippen LogP contribution in [0.5, 0.6) is 0 Å². The van der Waals surface area contributed by atoms with Crippen molar-refractivity contribution in [1.29, 1.82) is 0 Å². The highest BCUT2D eigenvalue weighted by Gasteiger charge is 2.22. The van der Waals surface area contributed by atoms with Crippen LogP contribution in [-0.2, 0) is 19.4 Å². The highest BCUT2D eigenvalue weighted by molar-refractivity contribution is 5.80. The van der Waals surface area contributed by atoms with Gasteiger partial charge in [0.1, 0.15) is 17.4 Å². The molecular weight excluding hydrogens is 312 g/mol. The van der Waals surface area contributed by atoms with Crippen LogP contribution in [-0.4, -0.2) is 30.5 Å². The summed E-state index contributed by atoms with van der Waals surface area (Å²) in [4.78, 5) is 6.65. The topological polar surface area (TPSA) is 40.8 Å². The average Bonchev–Trinajstić information content (AvgIpc) is 3.06. The summed E-state index contributed by atoms with van der Waals surface area (Å²) in [7, 11) is 0. The number of nitrogens with one attached hydrogen (secondary N) is 1. The number of guanidine groups is 1. The fourth-order valence-corrected chi connectivity index (χ4v) is 2.94. The van der Waals surface area contributed by atoms with Gasteiger partial charge in [0.15, 0.2) is 5.96 Å². The maximum atomic E-state index is 13.9. The van der Waals surface area contributed by atoms with Crippen molar-refractivity contribution in [2.24, 2.45) is 4.99 Å². The van der Waals surface area contributed by atoms with E-state index in [0.717, 1.165) is 30.8 Å². The molecule has 0 fully saturated rings. The molecule has 0 aliphatic carbocycles. The van der Waals surface area contributed by atoms with E-state index in [-0.39, 0.29) is 0 Å². The molecule has 0 amide bonds. The van der Waals surface area contributed by atoms with E-state index in [0.29, 0.717) is 37.2 Å². The van der Waals surface area contributed by atoms with Gasteiger partial charge in [0.25, 0.3) is 0 Å². The van der Waals surface area contributed by atoms with Crippen molar-refractivity contribution < 1.29 is 13.2 Å². The minimum Gasteiger partial charge on any atom is -0.469 e. The number of aliphatic imine (C=N–C) groups is 1. The minimum absolute atomic E-state index is 0.454.